The maximum Gasteiger partial charge on any atom is 0.182 e. The molecule has 0 aromatic heterocycles. The molecule has 0 amide bonds. The highest BCUT2D eigenvalue weighted by Crippen LogP contribution is 2.22. The molecular weight excluding hydrogens is 279 g/mol. The highest BCUT2D eigenvalue weighted by atomic mass is 32.2. The van der Waals surface area contributed by atoms with Gasteiger partial charge in [-0.2, -0.15) is 0 Å². The molecule has 2 aromatic carbocycles. The minimum atomic E-state index is -3.47. The van der Waals surface area contributed by atoms with Gasteiger partial charge in [-0.15, -0.1) is 0 Å². The molecule has 0 radical (unpaired) electrons. The standard InChI is InChI=1S/C15H15FO3S/c1-11-3-6-13(7-4-11)20(17,18)10-12-5-8-15(19-2)14(16)9-12/h3-9H,10H2,1-2H3. The molecule has 0 aliphatic rings. The Kier molecular flexibility index (Phi) is 4.09. The molecule has 106 valence electrons. The van der Waals surface area contributed by atoms with Gasteiger partial charge in [0.15, 0.2) is 21.4 Å². The SMILES string of the molecule is COc1ccc(CS(=O)(=O)c2ccc(C)cc2)cc1F. The van der Waals surface area contributed by atoms with Crippen molar-refractivity contribution in [3.05, 3.63) is 59.4 Å². The molecule has 0 saturated carbocycles. The van der Waals surface area contributed by atoms with Gasteiger partial charge in [0.25, 0.3) is 0 Å². The molecular formula is C15H15FO3S. The van der Waals surface area contributed by atoms with Crippen LogP contribution in [0.5, 0.6) is 5.75 Å². The van der Waals surface area contributed by atoms with Crippen LogP contribution in [0, 0.1) is 12.7 Å². The average molecular weight is 294 g/mol. The molecule has 2 rings (SSSR count). The first-order chi connectivity index (χ1) is 9.42. The third-order valence-corrected chi connectivity index (χ3v) is 4.66. The van der Waals surface area contributed by atoms with Crippen molar-refractivity contribution < 1.29 is 17.5 Å². The highest BCUT2D eigenvalue weighted by molar-refractivity contribution is 7.90. The van der Waals surface area contributed by atoms with E-state index >= 15 is 0 Å². The molecule has 0 bridgehead atoms. The van der Waals surface area contributed by atoms with Crippen molar-refractivity contribution in [2.45, 2.75) is 17.6 Å². The summed E-state index contributed by atoms with van der Waals surface area (Å²) in [5.74, 6) is -0.706. The summed E-state index contributed by atoms with van der Waals surface area (Å²) in [6.07, 6.45) is 0. The minimum absolute atomic E-state index is 0.0986. The van der Waals surface area contributed by atoms with Gasteiger partial charge in [-0.25, -0.2) is 12.8 Å². The summed E-state index contributed by atoms with van der Waals surface area (Å²) < 4.78 is 42.8. The second-order valence-electron chi connectivity index (χ2n) is 4.54. The Labute approximate surface area is 117 Å². The number of sulfone groups is 1. The first-order valence-electron chi connectivity index (χ1n) is 6.04. The van der Waals surface area contributed by atoms with Crippen molar-refractivity contribution in [2.24, 2.45) is 0 Å². The Morgan fingerprint density at radius 1 is 1.10 bits per heavy atom. The number of rotatable bonds is 4. The zero-order chi connectivity index (χ0) is 14.8. The summed E-state index contributed by atoms with van der Waals surface area (Å²) >= 11 is 0. The van der Waals surface area contributed by atoms with E-state index < -0.39 is 15.7 Å². The van der Waals surface area contributed by atoms with E-state index in [4.69, 9.17) is 4.74 Å². The summed E-state index contributed by atoms with van der Waals surface area (Å²) in [5.41, 5.74) is 1.38. The largest absolute Gasteiger partial charge is 0.494 e. The van der Waals surface area contributed by atoms with Crippen molar-refractivity contribution >= 4 is 9.84 Å². The minimum Gasteiger partial charge on any atom is -0.494 e. The molecule has 20 heavy (non-hydrogen) atoms. The number of benzene rings is 2. The molecule has 0 saturated heterocycles. The third kappa shape index (κ3) is 3.17. The zero-order valence-electron chi connectivity index (χ0n) is 11.3. The normalized spacial score (nSPS) is 11.3. The molecule has 0 heterocycles. The van der Waals surface area contributed by atoms with Crippen LogP contribution < -0.4 is 4.74 Å². The van der Waals surface area contributed by atoms with E-state index in [2.05, 4.69) is 0 Å². The Morgan fingerprint density at radius 2 is 1.75 bits per heavy atom. The van der Waals surface area contributed by atoms with Gasteiger partial charge in [0, 0.05) is 0 Å². The molecule has 0 spiro atoms. The van der Waals surface area contributed by atoms with Crippen LogP contribution in [-0.4, -0.2) is 15.5 Å². The van der Waals surface area contributed by atoms with Gasteiger partial charge in [-0.1, -0.05) is 23.8 Å². The Bertz CT molecular complexity index is 706. The van der Waals surface area contributed by atoms with Crippen LogP contribution in [0.2, 0.25) is 0 Å². The number of hydrogen-bond acceptors (Lipinski definition) is 3. The lowest BCUT2D eigenvalue weighted by Crippen LogP contribution is -2.05. The van der Waals surface area contributed by atoms with E-state index in [9.17, 15) is 12.8 Å². The lowest BCUT2D eigenvalue weighted by atomic mass is 10.2. The number of hydrogen-bond donors (Lipinski definition) is 0. The van der Waals surface area contributed by atoms with Crippen LogP contribution in [0.1, 0.15) is 11.1 Å². The average Bonchev–Trinajstić information content (AvgIpc) is 2.39. The fourth-order valence-corrected chi connectivity index (χ4v) is 3.18. The van der Waals surface area contributed by atoms with Crippen molar-refractivity contribution in [3.63, 3.8) is 0 Å². The molecule has 0 aliphatic heterocycles. The van der Waals surface area contributed by atoms with Gasteiger partial charge in [0.05, 0.1) is 17.8 Å². The monoisotopic (exact) mass is 294 g/mol. The van der Waals surface area contributed by atoms with Crippen molar-refractivity contribution in [2.75, 3.05) is 7.11 Å². The second-order valence-corrected chi connectivity index (χ2v) is 6.53. The Morgan fingerprint density at radius 3 is 2.30 bits per heavy atom. The van der Waals surface area contributed by atoms with Gasteiger partial charge in [0.2, 0.25) is 0 Å². The second kappa shape index (κ2) is 5.63. The molecule has 0 unspecified atom stereocenters. The first-order valence-corrected chi connectivity index (χ1v) is 7.69. The van der Waals surface area contributed by atoms with Gasteiger partial charge >= 0.3 is 0 Å². The fraction of sp³-hybridized carbons (Fsp3) is 0.200. The van der Waals surface area contributed by atoms with E-state index in [1.165, 1.54) is 19.2 Å². The maximum absolute atomic E-state index is 13.6. The summed E-state index contributed by atoms with van der Waals surface area (Å²) in [5, 5.41) is 0. The van der Waals surface area contributed by atoms with Crippen molar-refractivity contribution in [3.8, 4) is 5.75 Å². The summed E-state index contributed by atoms with van der Waals surface area (Å²) in [6.45, 7) is 1.88. The number of methoxy groups -OCH3 is 1. The van der Waals surface area contributed by atoms with Crippen LogP contribution in [0.4, 0.5) is 4.39 Å². The Hall–Kier alpha value is -1.88. The summed E-state index contributed by atoms with van der Waals surface area (Å²) in [6, 6.07) is 10.8. The number of aryl methyl sites for hydroxylation is 1. The molecule has 0 N–H and O–H groups in total. The molecule has 5 heteroatoms. The molecule has 3 nitrogen and oxygen atoms in total. The van der Waals surface area contributed by atoms with Crippen LogP contribution >= 0.6 is 0 Å². The lowest BCUT2D eigenvalue weighted by Gasteiger charge is -2.07. The van der Waals surface area contributed by atoms with E-state index in [0.29, 0.717) is 5.56 Å². The molecule has 2 aromatic rings. The third-order valence-electron chi connectivity index (χ3n) is 2.95. The zero-order valence-corrected chi connectivity index (χ0v) is 12.1. The van der Waals surface area contributed by atoms with Crippen LogP contribution in [-0.2, 0) is 15.6 Å². The fourth-order valence-electron chi connectivity index (χ4n) is 1.85. The van der Waals surface area contributed by atoms with E-state index in [1.54, 1.807) is 30.3 Å². The van der Waals surface area contributed by atoms with Gasteiger partial charge in [-0.05, 0) is 36.8 Å². The topological polar surface area (TPSA) is 43.4 Å². The van der Waals surface area contributed by atoms with Crippen LogP contribution in [0.25, 0.3) is 0 Å². The van der Waals surface area contributed by atoms with Crippen LogP contribution in [0.3, 0.4) is 0 Å². The number of halogens is 1. The maximum atomic E-state index is 13.6. The van der Waals surface area contributed by atoms with E-state index in [-0.39, 0.29) is 16.4 Å². The Balaban J connectivity index is 2.28. The van der Waals surface area contributed by atoms with E-state index in [0.717, 1.165) is 5.56 Å². The summed E-state index contributed by atoms with van der Waals surface area (Å²) in [7, 11) is -2.11. The van der Waals surface area contributed by atoms with Crippen LogP contribution in [0.15, 0.2) is 47.4 Å². The first kappa shape index (κ1) is 14.5. The predicted molar refractivity (Wildman–Crippen MR) is 75.0 cm³/mol. The van der Waals surface area contributed by atoms with E-state index in [1.807, 2.05) is 6.92 Å². The highest BCUT2D eigenvalue weighted by Gasteiger charge is 2.16. The van der Waals surface area contributed by atoms with Crippen molar-refractivity contribution in [1.29, 1.82) is 0 Å². The van der Waals surface area contributed by atoms with Gasteiger partial charge < -0.3 is 4.74 Å². The lowest BCUT2D eigenvalue weighted by molar-refractivity contribution is 0.386. The predicted octanol–water partition coefficient (Wildman–Crippen LogP) is 3.12. The quantitative estimate of drug-likeness (QED) is 0.870. The van der Waals surface area contributed by atoms with Gasteiger partial charge in [0.1, 0.15) is 0 Å². The molecule has 0 fully saturated rings. The van der Waals surface area contributed by atoms with Gasteiger partial charge in [-0.3, -0.25) is 0 Å². The smallest absolute Gasteiger partial charge is 0.182 e. The molecule has 0 aliphatic carbocycles. The number of ether oxygens (including phenoxy) is 1. The molecule has 0 atom stereocenters. The summed E-state index contributed by atoms with van der Waals surface area (Å²) in [4.78, 5) is 0.235. The van der Waals surface area contributed by atoms with Crippen molar-refractivity contribution in [1.82, 2.24) is 0 Å².